The highest BCUT2D eigenvalue weighted by Gasteiger charge is 2.35. The van der Waals surface area contributed by atoms with Crippen LogP contribution in [-0.4, -0.2) is 78.7 Å². The van der Waals surface area contributed by atoms with Gasteiger partial charge in [0.2, 0.25) is 0 Å². The molecular weight excluding hydrogens is 540 g/mol. The van der Waals surface area contributed by atoms with Gasteiger partial charge in [-0.1, -0.05) is 17.7 Å². The average molecular weight is 577 g/mol. The van der Waals surface area contributed by atoms with Crippen LogP contribution in [0.1, 0.15) is 41.7 Å². The summed E-state index contributed by atoms with van der Waals surface area (Å²) in [6, 6.07) is 14.0. The molecule has 1 amide bonds. The number of morpholine rings is 1. The van der Waals surface area contributed by atoms with Crippen LogP contribution in [0.2, 0.25) is 5.02 Å². The predicted octanol–water partition coefficient (Wildman–Crippen LogP) is 5.45. The summed E-state index contributed by atoms with van der Waals surface area (Å²) >= 11 is 6.18. The molecular formula is C32H37ClN4O4. The third-order valence-corrected chi connectivity index (χ3v) is 9.36. The van der Waals surface area contributed by atoms with Crippen molar-refractivity contribution < 1.29 is 18.7 Å². The lowest BCUT2D eigenvalue weighted by atomic mass is 9.87. The topological polar surface area (TPSA) is 83.0 Å². The van der Waals surface area contributed by atoms with E-state index in [2.05, 4.69) is 20.1 Å². The Bertz CT molecular complexity index is 1520. The summed E-state index contributed by atoms with van der Waals surface area (Å²) in [4.78, 5) is 21.7. The standard InChI is InChI=1S/C32H37ClN4O4/c33-23-6-7-31-25(15-23)22(19-41-31)18-40-30-5-1-4-27-26(30)16-28(35-27)32(38)34-24-8-11-36(12-9-24)17-21-3-2-10-37-13-14-39-20-29(21)37/h1,4-7,15-16,19,21,24,29,35H,2-3,8-14,17-18,20H2,(H,34,38)/t21-,29?/m0/s1. The van der Waals surface area contributed by atoms with Crippen LogP contribution in [0, 0.1) is 5.92 Å². The zero-order chi connectivity index (χ0) is 27.8. The van der Waals surface area contributed by atoms with Crippen molar-refractivity contribution in [1.29, 1.82) is 0 Å². The molecule has 0 aliphatic carbocycles. The number of aromatic nitrogens is 1. The number of likely N-dealkylation sites (tertiary alicyclic amines) is 1. The molecule has 4 aromatic rings. The van der Waals surface area contributed by atoms with Crippen molar-refractivity contribution in [2.75, 3.05) is 45.9 Å². The average Bonchev–Trinajstić information content (AvgIpc) is 3.62. The van der Waals surface area contributed by atoms with Crippen LogP contribution in [0.15, 0.2) is 53.1 Å². The third kappa shape index (κ3) is 5.71. The number of H-pyrrole nitrogens is 1. The quantitative estimate of drug-likeness (QED) is 0.304. The fourth-order valence-corrected chi connectivity index (χ4v) is 7.05. The molecule has 3 saturated heterocycles. The molecule has 5 heterocycles. The Morgan fingerprint density at radius 3 is 2.88 bits per heavy atom. The first-order valence-corrected chi connectivity index (χ1v) is 15.2. The number of aromatic amines is 1. The van der Waals surface area contributed by atoms with Gasteiger partial charge in [-0.2, -0.15) is 0 Å². The number of rotatable bonds is 7. The minimum Gasteiger partial charge on any atom is -0.488 e. The molecule has 3 aliphatic rings. The summed E-state index contributed by atoms with van der Waals surface area (Å²) in [5.74, 6) is 1.33. The Kier molecular flexibility index (Phi) is 7.65. The van der Waals surface area contributed by atoms with Gasteiger partial charge in [-0.25, -0.2) is 0 Å². The third-order valence-electron chi connectivity index (χ3n) is 9.13. The Morgan fingerprint density at radius 2 is 1.98 bits per heavy atom. The molecule has 0 radical (unpaired) electrons. The smallest absolute Gasteiger partial charge is 0.267 e. The lowest BCUT2D eigenvalue weighted by molar-refractivity contribution is -0.0553. The second-order valence-electron chi connectivity index (χ2n) is 11.7. The Hall–Kier alpha value is -3.04. The maximum absolute atomic E-state index is 13.2. The molecule has 1 unspecified atom stereocenters. The van der Waals surface area contributed by atoms with Crippen molar-refractivity contribution in [2.24, 2.45) is 5.92 Å². The molecule has 41 heavy (non-hydrogen) atoms. The molecule has 3 aliphatic heterocycles. The molecule has 9 heteroatoms. The number of halogens is 1. The van der Waals surface area contributed by atoms with E-state index in [0.717, 1.165) is 79.7 Å². The van der Waals surface area contributed by atoms with E-state index in [1.54, 1.807) is 6.26 Å². The largest absolute Gasteiger partial charge is 0.488 e. The fourth-order valence-electron chi connectivity index (χ4n) is 6.88. The first-order chi connectivity index (χ1) is 20.1. The van der Waals surface area contributed by atoms with E-state index in [4.69, 9.17) is 25.5 Å². The van der Waals surface area contributed by atoms with E-state index in [-0.39, 0.29) is 11.9 Å². The van der Waals surface area contributed by atoms with Gasteiger partial charge in [-0.15, -0.1) is 0 Å². The minimum absolute atomic E-state index is 0.0663. The lowest BCUT2D eigenvalue weighted by Crippen LogP contribution is -2.55. The summed E-state index contributed by atoms with van der Waals surface area (Å²) in [5.41, 5.74) is 3.12. The van der Waals surface area contributed by atoms with Crippen LogP contribution in [0.25, 0.3) is 21.9 Å². The normalized spacial score (nSPS) is 22.7. The maximum atomic E-state index is 13.2. The van der Waals surface area contributed by atoms with Crippen molar-refractivity contribution in [3.8, 4) is 5.75 Å². The van der Waals surface area contributed by atoms with Gasteiger partial charge < -0.3 is 29.1 Å². The van der Waals surface area contributed by atoms with E-state index < -0.39 is 0 Å². The van der Waals surface area contributed by atoms with Gasteiger partial charge in [0.1, 0.15) is 23.6 Å². The van der Waals surface area contributed by atoms with Crippen LogP contribution in [0.5, 0.6) is 5.75 Å². The Morgan fingerprint density at radius 1 is 1.07 bits per heavy atom. The van der Waals surface area contributed by atoms with Crippen LogP contribution >= 0.6 is 11.6 Å². The first kappa shape index (κ1) is 26.8. The number of benzene rings is 2. The van der Waals surface area contributed by atoms with Gasteiger partial charge in [0.05, 0.1) is 19.5 Å². The summed E-state index contributed by atoms with van der Waals surface area (Å²) in [6.45, 7) is 7.56. The molecule has 2 N–H and O–H groups in total. The monoisotopic (exact) mass is 576 g/mol. The zero-order valence-corrected chi connectivity index (χ0v) is 24.0. The number of carbonyl (C=O) groups is 1. The van der Waals surface area contributed by atoms with Crippen molar-refractivity contribution in [3.63, 3.8) is 0 Å². The van der Waals surface area contributed by atoms with E-state index in [0.29, 0.717) is 35.0 Å². The summed E-state index contributed by atoms with van der Waals surface area (Å²) < 4.78 is 17.6. The van der Waals surface area contributed by atoms with Crippen molar-refractivity contribution in [2.45, 2.75) is 44.4 Å². The number of nitrogens with zero attached hydrogens (tertiary/aromatic N) is 2. The summed E-state index contributed by atoms with van der Waals surface area (Å²) in [6.07, 6.45) is 6.23. The minimum atomic E-state index is -0.0663. The van der Waals surface area contributed by atoms with E-state index in [9.17, 15) is 4.79 Å². The molecule has 3 fully saturated rings. The first-order valence-electron chi connectivity index (χ1n) is 14.9. The van der Waals surface area contributed by atoms with E-state index in [1.807, 2.05) is 42.5 Å². The Labute approximate surface area is 244 Å². The van der Waals surface area contributed by atoms with E-state index >= 15 is 0 Å². The number of amides is 1. The molecule has 0 bridgehead atoms. The molecule has 0 spiro atoms. The zero-order valence-electron chi connectivity index (χ0n) is 23.2. The van der Waals surface area contributed by atoms with Gasteiger partial charge in [-0.3, -0.25) is 9.69 Å². The van der Waals surface area contributed by atoms with Crippen LogP contribution in [0.3, 0.4) is 0 Å². The number of fused-ring (bicyclic) bond motifs is 3. The summed E-state index contributed by atoms with van der Waals surface area (Å²) in [7, 11) is 0. The summed E-state index contributed by atoms with van der Waals surface area (Å²) in [5, 5.41) is 5.75. The van der Waals surface area contributed by atoms with Gasteiger partial charge in [0.15, 0.2) is 0 Å². The number of carbonyl (C=O) groups excluding carboxylic acids is 1. The Balaban J connectivity index is 0.951. The highest BCUT2D eigenvalue weighted by Crippen LogP contribution is 2.31. The number of hydrogen-bond acceptors (Lipinski definition) is 6. The van der Waals surface area contributed by atoms with Crippen LogP contribution in [0.4, 0.5) is 0 Å². The maximum Gasteiger partial charge on any atom is 0.267 e. The molecule has 2 atom stereocenters. The van der Waals surface area contributed by atoms with E-state index in [1.165, 1.54) is 19.4 Å². The number of furan rings is 1. The molecule has 2 aromatic carbocycles. The second-order valence-corrected chi connectivity index (χ2v) is 12.2. The molecule has 7 rings (SSSR count). The van der Waals surface area contributed by atoms with Crippen LogP contribution in [-0.2, 0) is 11.3 Å². The number of nitrogens with one attached hydrogen (secondary N) is 2. The predicted molar refractivity (Wildman–Crippen MR) is 160 cm³/mol. The number of hydrogen-bond donors (Lipinski definition) is 2. The molecule has 0 saturated carbocycles. The highest BCUT2D eigenvalue weighted by molar-refractivity contribution is 6.31. The fraction of sp³-hybridized carbons (Fsp3) is 0.469. The van der Waals surface area contributed by atoms with Crippen molar-refractivity contribution >= 4 is 39.4 Å². The lowest BCUT2D eigenvalue weighted by Gasteiger charge is -2.46. The molecule has 8 nitrogen and oxygen atoms in total. The van der Waals surface area contributed by atoms with Crippen LogP contribution < -0.4 is 10.1 Å². The molecule has 2 aromatic heterocycles. The number of piperidine rings is 2. The van der Waals surface area contributed by atoms with Gasteiger partial charge >= 0.3 is 0 Å². The van der Waals surface area contributed by atoms with Gasteiger partial charge in [-0.05, 0) is 74.5 Å². The highest BCUT2D eigenvalue weighted by atomic mass is 35.5. The van der Waals surface area contributed by atoms with Gasteiger partial charge in [0.25, 0.3) is 5.91 Å². The van der Waals surface area contributed by atoms with Crippen molar-refractivity contribution in [3.05, 3.63) is 65.0 Å². The van der Waals surface area contributed by atoms with Crippen molar-refractivity contribution in [1.82, 2.24) is 20.1 Å². The number of ether oxygens (including phenoxy) is 2. The second kappa shape index (κ2) is 11.7. The SMILES string of the molecule is O=C(NC1CCN(C[C@@H]2CCCN3CCOCC23)CC1)c1cc2c(OCc3coc4ccc(Cl)cc34)cccc2[nH]1. The van der Waals surface area contributed by atoms with Gasteiger partial charge in [0, 0.05) is 65.1 Å². The molecule has 216 valence electrons.